The van der Waals surface area contributed by atoms with Crippen LogP contribution >= 0.6 is 12.4 Å². The van der Waals surface area contributed by atoms with Crippen LogP contribution in [0.4, 0.5) is 0 Å². The zero-order chi connectivity index (χ0) is 16.0. The molecule has 23 heavy (non-hydrogen) atoms. The summed E-state index contributed by atoms with van der Waals surface area (Å²) in [6.45, 7) is 4.59. The molecule has 0 bridgehead atoms. The number of nitrogens with zero attached hydrogens (tertiary/aromatic N) is 1. The van der Waals surface area contributed by atoms with Crippen molar-refractivity contribution in [3.05, 3.63) is 0 Å². The molecule has 6 heteroatoms. The summed E-state index contributed by atoms with van der Waals surface area (Å²) < 4.78 is 11.0. The molecule has 2 saturated carbocycles. The third kappa shape index (κ3) is 4.59. The Balaban J connectivity index is 0.00000264. The average Bonchev–Trinajstić information content (AvgIpc) is 2.55. The SMILES string of the molecule is CCOC1CC(N(C)C(=O)CNCCOC)C12CCCCC2.Cl. The van der Waals surface area contributed by atoms with E-state index in [9.17, 15) is 4.79 Å². The van der Waals surface area contributed by atoms with Gasteiger partial charge in [-0.15, -0.1) is 12.4 Å². The lowest BCUT2D eigenvalue weighted by molar-refractivity contribution is -0.184. The second kappa shape index (κ2) is 9.82. The standard InChI is InChI=1S/C17H32N2O3.ClH/c1-4-22-15-12-14(17(15)8-6-5-7-9-17)19(2)16(20)13-18-10-11-21-3;/h14-15,18H,4-13H2,1-3H3;1H. The van der Waals surface area contributed by atoms with Crippen molar-refractivity contribution in [2.24, 2.45) is 5.41 Å². The smallest absolute Gasteiger partial charge is 0.236 e. The Morgan fingerprint density at radius 3 is 2.61 bits per heavy atom. The van der Waals surface area contributed by atoms with Gasteiger partial charge in [0.25, 0.3) is 0 Å². The highest BCUT2D eigenvalue weighted by Crippen LogP contribution is 2.55. The minimum Gasteiger partial charge on any atom is -0.383 e. The van der Waals surface area contributed by atoms with Crippen molar-refractivity contribution < 1.29 is 14.3 Å². The fraction of sp³-hybridized carbons (Fsp3) is 0.941. The summed E-state index contributed by atoms with van der Waals surface area (Å²) in [5.41, 5.74) is 0.213. The fourth-order valence-electron chi connectivity index (χ4n) is 4.24. The molecule has 5 nitrogen and oxygen atoms in total. The van der Waals surface area contributed by atoms with E-state index in [4.69, 9.17) is 9.47 Å². The number of hydrogen-bond donors (Lipinski definition) is 1. The van der Waals surface area contributed by atoms with Crippen LogP contribution in [0.2, 0.25) is 0 Å². The molecule has 0 saturated heterocycles. The Hall–Kier alpha value is -0.360. The molecule has 1 N–H and O–H groups in total. The highest BCUT2D eigenvalue weighted by molar-refractivity contribution is 5.85. The van der Waals surface area contributed by atoms with Crippen LogP contribution in [0.3, 0.4) is 0 Å². The van der Waals surface area contributed by atoms with Gasteiger partial charge in [-0.25, -0.2) is 0 Å². The zero-order valence-corrected chi connectivity index (χ0v) is 15.6. The second-order valence-corrected chi connectivity index (χ2v) is 6.66. The quantitative estimate of drug-likeness (QED) is 0.683. The number of carbonyl (C=O) groups is 1. The van der Waals surface area contributed by atoms with E-state index in [1.165, 1.54) is 32.1 Å². The fourth-order valence-corrected chi connectivity index (χ4v) is 4.24. The Kier molecular flexibility index (Phi) is 8.83. The second-order valence-electron chi connectivity index (χ2n) is 6.66. The van der Waals surface area contributed by atoms with Crippen molar-refractivity contribution in [3.63, 3.8) is 0 Å². The van der Waals surface area contributed by atoms with Gasteiger partial charge in [-0.3, -0.25) is 4.79 Å². The van der Waals surface area contributed by atoms with Gasteiger partial charge in [0.05, 0.1) is 19.3 Å². The number of likely N-dealkylation sites (N-methyl/N-ethyl adjacent to an activating group) is 1. The number of amides is 1. The number of hydrogen-bond acceptors (Lipinski definition) is 4. The normalized spacial score (nSPS) is 25.5. The Labute approximate surface area is 146 Å². The number of nitrogens with one attached hydrogen (secondary N) is 1. The summed E-state index contributed by atoms with van der Waals surface area (Å²) in [5.74, 6) is 0.181. The number of methoxy groups -OCH3 is 1. The number of carbonyl (C=O) groups excluding carboxylic acids is 1. The van der Waals surface area contributed by atoms with Crippen molar-refractivity contribution in [2.75, 3.05) is 40.5 Å². The molecule has 1 amide bonds. The third-order valence-corrected chi connectivity index (χ3v) is 5.51. The number of rotatable bonds is 8. The molecular weight excluding hydrogens is 316 g/mol. The highest BCUT2D eigenvalue weighted by atomic mass is 35.5. The van der Waals surface area contributed by atoms with Gasteiger partial charge in [-0.2, -0.15) is 0 Å². The lowest BCUT2D eigenvalue weighted by Gasteiger charge is -2.60. The molecule has 2 aliphatic carbocycles. The summed E-state index contributed by atoms with van der Waals surface area (Å²) in [6, 6.07) is 0.348. The number of ether oxygens (including phenoxy) is 2. The zero-order valence-electron chi connectivity index (χ0n) is 14.8. The van der Waals surface area contributed by atoms with Gasteiger partial charge < -0.3 is 19.7 Å². The van der Waals surface area contributed by atoms with Gasteiger partial charge in [-0.05, 0) is 26.2 Å². The van der Waals surface area contributed by atoms with Crippen LogP contribution in [0.5, 0.6) is 0 Å². The van der Waals surface area contributed by atoms with Crippen LogP contribution < -0.4 is 5.32 Å². The molecule has 0 aromatic rings. The highest BCUT2D eigenvalue weighted by Gasteiger charge is 2.57. The average molecular weight is 349 g/mol. The first-order valence-electron chi connectivity index (χ1n) is 8.72. The first-order chi connectivity index (χ1) is 10.7. The van der Waals surface area contributed by atoms with Gasteiger partial charge >= 0.3 is 0 Å². The summed E-state index contributed by atoms with van der Waals surface area (Å²) in [4.78, 5) is 14.4. The Morgan fingerprint density at radius 1 is 1.30 bits per heavy atom. The predicted molar refractivity (Wildman–Crippen MR) is 94.1 cm³/mol. The first-order valence-corrected chi connectivity index (χ1v) is 8.72. The molecule has 2 fully saturated rings. The summed E-state index contributed by atoms with van der Waals surface area (Å²) in [7, 11) is 3.63. The maximum atomic E-state index is 12.4. The summed E-state index contributed by atoms with van der Waals surface area (Å²) in [6.07, 6.45) is 7.62. The van der Waals surface area contributed by atoms with Crippen molar-refractivity contribution in [2.45, 2.75) is 57.6 Å². The molecule has 0 aliphatic heterocycles. The molecule has 136 valence electrons. The summed E-state index contributed by atoms with van der Waals surface area (Å²) >= 11 is 0. The van der Waals surface area contributed by atoms with E-state index in [1.807, 2.05) is 11.9 Å². The van der Waals surface area contributed by atoms with E-state index in [1.54, 1.807) is 7.11 Å². The molecule has 2 aliphatic rings. The first kappa shape index (κ1) is 20.7. The summed E-state index contributed by atoms with van der Waals surface area (Å²) in [5, 5.41) is 3.15. The molecule has 0 aromatic carbocycles. The van der Waals surface area contributed by atoms with Gasteiger partial charge in [0.15, 0.2) is 0 Å². The van der Waals surface area contributed by atoms with Gasteiger partial charge in [0, 0.05) is 38.8 Å². The van der Waals surface area contributed by atoms with E-state index in [0.717, 1.165) is 13.0 Å². The van der Waals surface area contributed by atoms with Crippen molar-refractivity contribution in [3.8, 4) is 0 Å². The Bertz CT molecular complexity index is 362. The molecule has 0 radical (unpaired) electrons. The molecule has 2 rings (SSSR count). The van der Waals surface area contributed by atoms with Crippen molar-refractivity contribution in [1.82, 2.24) is 10.2 Å². The molecule has 1 spiro atoms. The van der Waals surface area contributed by atoms with Crippen LogP contribution in [0.25, 0.3) is 0 Å². The topological polar surface area (TPSA) is 50.8 Å². The largest absolute Gasteiger partial charge is 0.383 e. The minimum absolute atomic E-state index is 0. The Morgan fingerprint density at radius 2 is 2.00 bits per heavy atom. The van der Waals surface area contributed by atoms with Crippen LogP contribution in [0.1, 0.15) is 45.4 Å². The van der Waals surface area contributed by atoms with E-state index >= 15 is 0 Å². The maximum absolute atomic E-state index is 12.4. The molecule has 0 heterocycles. The van der Waals surface area contributed by atoms with Crippen LogP contribution in [0, 0.1) is 5.41 Å². The van der Waals surface area contributed by atoms with E-state index < -0.39 is 0 Å². The van der Waals surface area contributed by atoms with E-state index in [0.29, 0.717) is 31.8 Å². The van der Waals surface area contributed by atoms with Gasteiger partial charge in [-0.1, -0.05) is 19.3 Å². The van der Waals surface area contributed by atoms with Crippen molar-refractivity contribution in [1.29, 1.82) is 0 Å². The monoisotopic (exact) mass is 348 g/mol. The van der Waals surface area contributed by atoms with Crippen molar-refractivity contribution >= 4 is 18.3 Å². The third-order valence-electron chi connectivity index (χ3n) is 5.51. The van der Waals surface area contributed by atoms with Crippen LogP contribution in [-0.4, -0.2) is 63.4 Å². The van der Waals surface area contributed by atoms with Gasteiger partial charge in [0.2, 0.25) is 5.91 Å². The van der Waals surface area contributed by atoms with E-state index in [2.05, 4.69) is 12.2 Å². The van der Waals surface area contributed by atoms with E-state index in [-0.39, 0.29) is 23.7 Å². The maximum Gasteiger partial charge on any atom is 0.236 e. The lowest BCUT2D eigenvalue weighted by Crippen LogP contribution is -2.66. The molecular formula is C17H33ClN2O3. The lowest BCUT2D eigenvalue weighted by atomic mass is 9.54. The van der Waals surface area contributed by atoms with Gasteiger partial charge in [0.1, 0.15) is 0 Å². The molecule has 2 atom stereocenters. The molecule has 2 unspecified atom stereocenters. The minimum atomic E-state index is 0. The predicted octanol–water partition coefficient (Wildman–Crippen LogP) is 2.23. The van der Waals surface area contributed by atoms with Crippen LogP contribution in [0.15, 0.2) is 0 Å². The van der Waals surface area contributed by atoms with Crippen LogP contribution in [-0.2, 0) is 14.3 Å². The molecule has 0 aromatic heterocycles. The number of halogens is 1.